The normalized spacial score (nSPS) is 16.9. The van der Waals surface area contributed by atoms with Gasteiger partial charge in [-0.15, -0.1) is 0 Å². The summed E-state index contributed by atoms with van der Waals surface area (Å²) in [4.78, 5) is 6.32. The number of nitrogens with zero attached hydrogens (tertiary/aromatic N) is 2. The van der Waals surface area contributed by atoms with Crippen molar-refractivity contribution in [3.05, 3.63) is 11.9 Å². The summed E-state index contributed by atoms with van der Waals surface area (Å²) in [5, 5.41) is 0. The molecule has 5 nitrogen and oxygen atoms in total. The van der Waals surface area contributed by atoms with E-state index in [0.717, 1.165) is 6.07 Å². The molecule has 0 bridgehead atoms. The maximum atomic E-state index is 12.3. The first kappa shape index (κ1) is 10.9. The molecule has 0 unspecified atom stereocenters. The molecule has 2 heterocycles. The van der Waals surface area contributed by atoms with E-state index in [1.807, 2.05) is 0 Å². The lowest BCUT2D eigenvalue weighted by molar-refractivity contribution is -0.145. The Labute approximate surface area is 88.4 Å². The maximum absolute atomic E-state index is 12.3. The minimum absolute atomic E-state index is 0.187. The first-order valence-corrected chi connectivity index (χ1v) is 4.41. The molecule has 1 aliphatic rings. The van der Waals surface area contributed by atoms with Gasteiger partial charge in [0.2, 0.25) is 11.7 Å². The molecule has 1 saturated heterocycles. The molecule has 8 heteroatoms. The van der Waals surface area contributed by atoms with E-state index in [1.165, 1.54) is 0 Å². The van der Waals surface area contributed by atoms with E-state index in [0.29, 0.717) is 13.2 Å². The first-order chi connectivity index (χ1) is 7.45. The molecule has 2 N–H and O–H groups in total. The lowest BCUT2D eigenvalue weighted by Gasteiger charge is -2.26. The number of hydrogen-bond acceptors (Lipinski definition) is 5. The van der Waals surface area contributed by atoms with Crippen LogP contribution in [0.1, 0.15) is 5.82 Å². The smallest absolute Gasteiger partial charge is 0.451 e. The fourth-order valence-corrected chi connectivity index (χ4v) is 1.08. The number of alkyl halides is 3. The predicted molar refractivity (Wildman–Crippen MR) is 46.7 cm³/mol. The zero-order valence-electron chi connectivity index (χ0n) is 7.99. The average Bonchev–Trinajstić information content (AvgIpc) is 2.09. The highest BCUT2D eigenvalue weighted by Gasteiger charge is 2.36. The van der Waals surface area contributed by atoms with Crippen LogP contribution in [0.25, 0.3) is 0 Å². The van der Waals surface area contributed by atoms with Crippen LogP contribution >= 0.6 is 0 Å². The number of rotatable bonds is 2. The van der Waals surface area contributed by atoms with E-state index in [9.17, 15) is 13.2 Å². The van der Waals surface area contributed by atoms with Crippen molar-refractivity contribution in [2.75, 3.05) is 18.9 Å². The molecule has 0 aliphatic carbocycles. The van der Waals surface area contributed by atoms with Gasteiger partial charge in [0, 0.05) is 6.07 Å². The zero-order valence-corrected chi connectivity index (χ0v) is 7.99. The van der Waals surface area contributed by atoms with Crippen LogP contribution in [0, 0.1) is 0 Å². The third-order valence-corrected chi connectivity index (χ3v) is 1.87. The van der Waals surface area contributed by atoms with Crippen LogP contribution < -0.4 is 10.5 Å². The van der Waals surface area contributed by atoms with Crippen LogP contribution in [-0.4, -0.2) is 29.3 Å². The Kier molecular flexibility index (Phi) is 2.58. The van der Waals surface area contributed by atoms with Crippen molar-refractivity contribution in [1.82, 2.24) is 9.97 Å². The van der Waals surface area contributed by atoms with E-state index in [4.69, 9.17) is 15.2 Å². The van der Waals surface area contributed by atoms with Crippen molar-refractivity contribution in [3.8, 4) is 5.88 Å². The van der Waals surface area contributed by atoms with Gasteiger partial charge in [0.25, 0.3) is 0 Å². The summed E-state index contributed by atoms with van der Waals surface area (Å²) < 4.78 is 46.9. The third-order valence-electron chi connectivity index (χ3n) is 1.87. The van der Waals surface area contributed by atoms with Crippen LogP contribution in [-0.2, 0) is 10.9 Å². The van der Waals surface area contributed by atoms with E-state index in [-0.39, 0.29) is 17.8 Å². The zero-order chi connectivity index (χ0) is 11.8. The number of halogens is 3. The topological polar surface area (TPSA) is 70.3 Å². The van der Waals surface area contributed by atoms with Gasteiger partial charge >= 0.3 is 6.18 Å². The van der Waals surface area contributed by atoms with Crippen LogP contribution in [0.5, 0.6) is 5.88 Å². The van der Waals surface area contributed by atoms with Gasteiger partial charge in [0.1, 0.15) is 11.9 Å². The first-order valence-electron chi connectivity index (χ1n) is 4.41. The highest BCUT2D eigenvalue weighted by Crippen LogP contribution is 2.28. The van der Waals surface area contributed by atoms with Crippen molar-refractivity contribution in [3.63, 3.8) is 0 Å². The lowest BCUT2D eigenvalue weighted by Crippen LogP contribution is -2.38. The summed E-state index contributed by atoms with van der Waals surface area (Å²) >= 11 is 0. The van der Waals surface area contributed by atoms with Crippen molar-refractivity contribution in [2.45, 2.75) is 12.3 Å². The molecule has 1 aromatic heterocycles. The minimum atomic E-state index is -4.64. The molecular weight excluding hydrogens is 227 g/mol. The van der Waals surface area contributed by atoms with Crippen LogP contribution in [0.4, 0.5) is 19.0 Å². The van der Waals surface area contributed by atoms with E-state index in [1.54, 1.807) is 0 Å². The molecule has 1 aromatic rings. The van der Waals surface area contributed by atoms with Crippen LogP contribution in [0.2, 0.25) is 0 Å². The number of nitrogens with two attached hydrogens (primary N) is 1. The summed E-state index contributed by atoms with van der Waals surface area (Å²) in [6, 6.07) is 1.15. The van der Waals surface area contributed by atoms with Crippen LogP contribution in [0.15, 0.2) is 6.07 Å². The van der Waals surface area contributed by atoms with E-state index < -0.39 is 12.0 Å². The minimum Gasteiger partial charge on any atom is -0.469 e. The second-order valence-corrected chi connectivity index (χ2v) is 3.23. The Morgan fingerprint density at radius 1 is 1.38 bits per heavy atom. The fraction of sp³-hybridized carbons (Fsp3) is 0.500. The van der Waals surface area contributed by atoms with Gasteiger partial charge in [0.15, 0.2) is 0 Å². The average molecular weight is 235 g/mol. The van der Waals surface area contributed by atoms with Gasteiger partial charge in [-0.1, -0.05) is 0 Å². The molecule has 1 fully saturated rings. The van der Waals surface area contributed by atoms with Crippen molar-refractivity contribution < 1.29 is 22.6 Å². The molecular formula is C8H8F3N3O2. The summed E-state index contributed by atoms with van der Waals surface area (Å²) in [5.74, 6) is -1.77. The Hall–Kier alpha value is -1.57. The van der Waals surface area contributed by atoms with E-state index >= 15 is 0 Å². The second-order valence-electron chi connectivity index (χ2n) is 3.23. The molecule has 0 spiro atoms. The molecule has 2 rings (SSSR count). The number of nitrogen functional groups attached to an aromatic ring is 1. The largest absolute Gasteiger partial charge is 0.469 e. The molecule has 0 aromatic carbocycles. The molecule has 88 valence electrons. The predicted octanol–water partition coefficient (Wildman–Crippen LogP) is 0.855. The second kappa shape index (κ2) is 3.78. The molecule has 16 heavy (non-hydrogen) atoms. The van der Waals surface area contributed by atoms with Gasteiger partial charge in [-0.2, -0.15) is 18.2 Å². The van der Waals surface area contributed by atoms with Gasteiger partial charge in [0.05, 0.1) is 13.2 Å². The summed E-state index contributed by atoms with van der Waals surface area (Å²) in [7, 11) is 0. The van der Waals surface area contributed by atoms with E-state index in [2.05, 4.69) is 9.97 Å². The molecule has 0 radical (unpaired) electrons. The van der Waals surface area contributed by atoms with Crippen molar-refractivity contribution in [2.24, 2.45) is 0 Å². The van der Waals surface area contributed by atoms with Crippen molar-refractivity contribution >= 4 is 5.82 Å². The quantitative estimate of drug-likeness (QED) is 0.823. The molecule has 0 amide bonds. The van der Waals surface area contributed by atoms with Crippen LogP contribution in [0.3, 0.4) is 0 Å². The SMILES string of the molecule is Nc1cc(OC2COC2)nc(C(F)(F)F)n1. The Morgan fingerprint density at radius 3 is 2.56 bits per heavy atom. The number of hydrogen-bond donors (Lipinski definition) is 1. The molecule has 0 saturated carbocycles. The third kappa shape index (κ3) is 2.32. The summed E-state index contributed by atoms with van der Waals surface area (Å²) in [6.45, 7) is 0.677. The number of aromatic nitrogens is 2. The Bertz CT molecular complexity index is 393. The highest BCUT2D eigenvalue weighted by molar-refractivity contribution is 5.33. The summed E-state index contributed by atoms with van der Waals surface area (Å²) in [6.07, 6.45) is -4.90. The van der Waals surface area contributed by atoms with Gasteiger partial charge in [-0.25, -0.2) is 4.98 Å². The van der Waals surface area contributed by atoms with Gasteiger partial charge < -0.3 is 15.2 Å². The monoisotopic (exact) mass is 235 g/mol. The number of ether oxygens (including phenoxy) is 2. The highest BCUT2D eigenvalue weighted by atomic mass is 19.4. The molecule has 1 aliphatic heterocycles. The number of anilines is 1. The van der Waals surface area contributed by atoms with Gasteiger partial charge in [-0.05, 0) is 0 Å². The van der Waals surface area contributed by atoms with Crippen molar-refractivity contribution in [1.29, 1.82) is 0 Å². The summed E-state index contributed by atoms with van der Waals surface area (Å²) in [5.41, 5.74) is 5.23. The van der Waals surface area contributed by atoms with Gasteiger partial charge in [-0.3, -0.25) is 0 Å². The maximum Gasteiger partial charge on any atom is 0.451 e. The fourth-order valence-electron chi connectivity index (χ4n) is 1.08. The lowest BCUT2D eigenvalue weighted by atomic mass is 10.3. The Balaban J connectivity index is 2.21. The standard InChI is InChI=1S/C8H8F3N3O2/c9-8(10,11)7-13-5(12)1-6(14-7)16-4-2-15-3-4/h1,4H,2-3H2,(H2,12,13,14). The Morgan fingerprint density at radius 2 is 2.06 bits per heavy atom. The molecule has 0 atom stereocenters.